The summed E-state index contributed by atoms with van der Waals surface area (Å²) in [7, 11) is 0. The van der Waals surface area contributed by atoms with Crippen molar-refractivity contribution in [3.63, 3.8) is 0 Å². The number of thiophene rings is 1. The SMILES string of the molecule is CCC(N)C(Sc1ncccc1Cl)c1ccc(Cl)s1. The Hall–Kier alpha value is -0.260. The molecule has 2 atom stereocenters. The Kier molecular flexibility index (Phi) is 5.54. The van der Waals surface area contributed by atoms with Crippen molar-refractivity contribution >= 4 is 46.3 Å². The van der Waals surface area contributed by atoms with E-state index >= 15 is 0 Å². The van der Waals surface area contributed by atoms with E-state index < -0.39 is 0 Å². The maximum absolute atomic E-state index is 6.23. The summed E-state index contributed by atoms with van der Waals surface area (Å²) in [5.74, 6) is 0. The van der Waals surface area contributed by atoms with Crippen molar-refractivity contribution in [3.05, 3.63) is 44.7 Å². The van der Waals surface area contributed by atoms with E-state index in [9.17, 15) is 0 Å². The summed E-state index contributed by atoms with van der Waals surface area (Å²) in [6.45, 7) is 2.08. The predicted molar refractivity (Wildman–Crippen MR) is 85.4 cm³/mol. The topological polar surface area (TPSA) is 38.9 Å². The molecule has 2 nitrogen and oxygen atoms in total. The van der Waals surface area contributed by atoms with Gasteiger partial charge in [0.1, 0.15) is 5.03 Å². The molecule has 19 heavy (non-hydrogen) atoms. The monoisotopic (exact) mass is 332 g/mol. The summed E-state index contributed by atoms with van der Waals surface area (Å²) in [6, 6.07) is 7.63. The minimum absolute atomic E-state index is 0.0396. The second-order valence-corrected chi connectivity index (χ2v) is 7.33. The lowest BCUT2D eigenvalue weighted by atomic mass is 10.1. The molecule has 2 N–H and O–H groups in total. The van der Waals surface area contributed by atoms with E-state index in [4.69, 9.17) is 28.9 Å². The minimum Gasteiger partial charge on any atom is -0.326 e. The van der Waals surface area contributed by atoms with Crippen molar-refractivity contribution in [1.82, 2.24) is 4.98 Å². The maximum Gasteiger partial charge on any atom is 0.115 e. The third-order valence-corrected chi connectivity index (χ3v) is 5.98. The molecule has 0 aromatic carbocycles. The summed E-state index contributed by atoms with van der Waals surface area (Å²) in [6.07, 6.45) is 2.63. The lowest BCUT2D eigenvalue weighted by Crippen LogP contribution is -2.25. The number of hydrogen-bond acceptors (Lipinski definition) is 4. The van der Waals surface area contributed by atoms with Gasteiger partial charge in [0, 0.05) is 17.1 Å². The van der Waals surface area contributed by atoms with Gasteiger partial charge < -0.3 is 5.73 Å². The predicted octanol–water partition coefficient (Wildman–Crippen LogP) is 5.02. The highest BCUT2D eigenvalue weighted by atomic mass is 35.5. The number of pyridine rings is 1. The number of thioether (sulfide) groups is 1. The molecule has 0 spiro atoms. The Morgan fingerprint density at radius 2 is 2.16 bits per heavy atom. The third-order valence-electron chi connectivity index (χ3n) is 2.70. The van der Waals surface area contributed by atoms with Gasteiger partial charge in [0.05, 0.1) is 14.6 Å². The van der Waals surface area contributed by atoms with Gasteiger partial charge in [-0.05, 0) is 30.7 Å². The molecule has 0 aliphatic heterocycles. The van der Waals surface area contributed by atoms with Crippen LogP contribution in [0, 0.1) is 0 Å². The van der Waals surface area contributed by atoms with Gasteiger partial charge in [0.2, 0.25) is 0 Å². The first-order chi connectivity index (χ1) is 9.11. The summed E-state index contributed by atoms with van der Waals surface area (Å²) in [5, 5.41) is 1.58. The van der Waals surface area contributed by atoms with Crippen molar-refractivity contribution in [2.24, 2.45) is 5.73 Å². The molecule has 2 heterocycles. The number of aromatic nitrogens is 1. The van der Waals surface area contributed by atoms with Crippen LogP contribution in [0.1, 0.15) is 23.5 Å². The van der Waals surface area contributed by atoms with Crippen LogP contribution in [-0.2, 0) is 0 Å². The highest BCUT2D eigenvalue weighted by Crippen LogP contribution is 2.43. The van der Waals surface area contributed by atoms with Gasteiger partial charge in [-0.25, -0.2) is 4.98 Å². The summed E-state index contributed by atoms with van der Waals surface area (Å²) in [5.41, 5.74) is 6.23. The number of rotatable bonds is 5. The molecule has 2 rings (SSSR count). The molecular weight excluding hydrogens is 319 g/mol. The molecule has 2 aromatic rings. The Bertz CT molecular complexity index is 545. The number of nitrogens with two attached hydrogens (primary N) is 1. The first kappa shape index (κ1) is 15.1. The largest absolute Gasteiger partial charge is 0.326 e. The fourth-order valence-corrected chi connectivity index (χ4v) is 4.40. The minimum atomic E-state index is 0.0396. The van der Waals surface area contributed by atoms with E-state index in [-0.39, 0.29) is 11.3 Å². The molecule has 0 amide bonds. The van der Waals surface area contributed by atoms with E-state index in [2.05, 4.69) is 11.9 Å². The van der Waals surface area contributed by atoms with Crippen LogP contribution in [0.2, 0.25) is 9.36 Å². The lowest BCUT2D eigenvalue weighted by molar-refractivity contribution is 0.639. The fourth-order valence-electron chi connectivity index (χ4n) is 1.63. The number of hydrogen-bond donors (Lipinski definition) is 1. The van der Waals surface area contributed by atoms with Crippen molar-refractivity contribution in [2.75, 3.05) is 0 Å². The Balaban J connectivity index is 2.27. The molecule has 6 heteroatoms. The number of halogens is 2. The van der Waals surface area contributed by atoms with Crippen LogP contribution < -0.4 is 5.73 Å². The van der Waals surface area contributed by atoms with Crippen LogP contribution in [-0.4, -0.2) is 11.0 Å². The standard InChI is InChI=1S/C13H14Cl2N2S2/c1-2-9(16)12(10-5-6-11(15)18-10)19-13-8(14)4-3-7-17-13/h3-7,9,12H,2,16H2,1H3. The average molecular weight is 333 g/mol. The van der Waals surface area contributed by atoms with Crippen LogP contribution in [0.15, 0.2) is 35.5 Å². The first-order valence-electron chi connectivity index (χ1n) is 5.89. The first-order valence-corrected chi connectivity index (χ1v) is 8.35. The van der Waals surface area contributed by atoms with Gasteiger partial charge in [0.25, 0.3) is 0 Å². The highest BCUT2D eigenvalue weighted by molar-refractivity contribution is 7.99. The summed E-state index contributed by atoms with van der Waals surface area (Å²) in [4.78, 5) is 5.47. The van der Waals surface area contributed by atoms with Gasteiger partial charge in [-0.1, -0.05) is 41.9 Å². The Labute approximate surface area is 131 Å². The van der Waals surface area contributed by atoms with Crippen LogP contribution >= 0.6 is 46.3 Å². The highest BCUT2D eigenvalue weighted by Gasteiger charge is 2.23. The third kappa shape index (κ3) is 3.86. The van der Waals surface area contributed by atoms with Crippen molar-refractivity contribution < 1.29 is 0 Å². The van der Waals surface area contributed by atoms with Crippen molar-refractivity contribution in [1.29, 1.82) is 0 Å². The fraction of sp³-hybridized carbons (Fsp3) is 0.308. The van der Waals surface area contributed by atoms with E-state index in [0.717, 1.165) is 20.7 Å². The molecule has 2 unspecified atom stereocenters. The van der Waals surface area contributed by atoms with Crippen LogP contribution in [0.3, 0.4) is 0 Å². The molecule has 0 aliphatic rings. The van der Waals surface area contributed by atoms with Crippen molar-refractivity contribution in [2.45, 2.75) is 29.7 Å². The summed E-state index contributed by atoms with van der Waals surface area (Å²) >= 11 is 15.3. The van der Waals surface area contributed by atoms with Crippen LogP contribution in [0.4, 0.5) is 0 Å². The molecule has 0 bridgehead atoms. The maximum atomic E-state index is 6.23. The average Bonchev–Trinajstić information content (AvgIpc) is 2.83. The smallest absolute Gasteiger partial charge is 0.115 e. The molecule has 0 fully saturated rings. The Morgan fingerprint density at radius 1 is 1.37 bits per heavy atom. The molecule has 102 valence electrons. The quantitative estimate of drug-likeness (QED) is 0.781. The van der Waals surface area contributed by atoms with Crippen LogP contribution in [0.25, 0.3) is 0 Å². The normalized spacial score (nSPS) is 14.3. The van der Waals surface area contributed by atoms with Gasteiger partial charge in [-0.2, -0.15) is 0 Å². The second-order valence-electron chi connectivity index (χ2n) is 4.04. The lowest BCUT2D eigenvalue weighted by Gasteiger charge is -2.21. The molecular formula is C13H14Cl2N2S2. The zero-order chi connectivity index (χ0) is 13.8. The molecule has 2 aromatic heterocycles. The van der Waals surface area contributed by atoms with Crippen molar-refractivity contribution in [3.8, 4) is 0 Å². The summed E-state index contributed by atoms with van der Waals surface area (Å²) < 4.78 is 0.774. The van der Waals surface area contributed by atoms with Gasteiger partial charge in [0.15, 0.2) is 0 Å². The van der Waals surface area contributed by atoms with E-state index in [1.165, 1.54) is 0 Å². The second kappa shape index (κ2) is 6.95. The van der Waals surface area contributed by atoms with E-state index in [0.29, 0.717) is 5.02 Å². The van der Waals surface area contributed by atoms with Crippen LogP contribution in [0.5, 0.6) is 0 Å². The molecule has 0 saturated carbocycles. The van der Waals surface area contributed by atoms with E-state index in [1.807, 2.05) is 24.3 Å². The van der Waals surface area contributed by atoms with E-state index in [1.54, 1.807) is 29.3 Å². The number of nitrogens with zero attached hydrogens (tertiary/aromatic N) is 1. The molecule has 0 aliphatic carbocycles. The molecule has 0 saturated heterocycles. The van der Waals surface area contributed by atoms with Gasteiger partial charge >= 0.3 is 0 Å². The zero-order valence-corrected chi connectivity index (χ0v) is 13.5. The Morgan fingerprint density at radius 3 is 2.74 bits per heavy atom. The van der Waals surface area contributed by atoms with Gasteiger partial charge in [-0.15, -0.1) is 11.3 Å². The molecule has 0 radical (unpaired) electrons. The zero-order valence-electron chi connectivity index (χ0n) is 10.3. The van der Waals surface area contributed by atoms with Gasteiger partial charge in [-0.3, -0.25) is 0 Å².